The predicted molar refractivity (Wildman–Crippen MR) is 110 cm³/mol. The van der Waals surface area contributed by atoms with Gasteiger partial charge < -0.3 is 19.1 Å². The van der Waals surface area contributed by atoms with Crippen molar-refractivity contribution in [3.05, 3.63) is 23.5 Å². The topological polar surface area (TPSA) is 77.8 Å². The van der Waals surface area contributed by atoms with Crippen LogP contribution in [0.4, 0.5) is 0 Å². The summed E-state index contributed by atoms with van der Waals surface area (Å²) in [7, 11) is 7.01. The molecule has 3 rings (SSSR count). The molecule has 1 aliphatic rings. The van der Waals surface area contributed by atoms with Gasteiger partial charge in [0.15, 0.2) is 17.3 Å². The van der Waals surface area contributed by atoms with E-state index in [2.05, 4.69) is 53.1 Å². The molecule has 0 aliphatic carbocycles. The lowest BCUT2D eigenvalue weighted by atomic mass is 10.0. The second-order valence-corrected chi connectivity index (χ2v) is 8.32. The molecule has 1 aliphatic heterocycles. The number of benzene rings is 1. The third-order valence-corrected chi connectivity index (χ3v) is 5.28. The summed E-state index contributed by atoms with van der Waals surface area (Å²) in [5.74, 6) is 2.62. The van der Waals surface area contributed by atoms with Gasteiger partial charge in [0.1, 0.15) is 0 Å². The fraction of sp³-hybridized carbons (Fsp3) is 0.650. The smallest absolute Gasteiger partial charge is 0.203 e. The van der Waals surface area contributed by atoms with E-state index in [-0.39, 0.29) is 11.6 Å². The molecule has 160 valence electrons. The average Bonchev–Trinajstić information content (AvgIpc) is 3.18. The summed E-state index contributed by atoms with van der Waals surface area (Å²) in [6, 6.07) is 3.85. The minimum absolute atomic E-state index is 0.133. The molecule has 1 aromatic carbocycles. The summed E-state index contributed by atoms with van der Waals surface area (Å²) in [4.78, 5) is 4.74. The van der Waals surface area contributed by atoms with Crippen LogP contribution in [-0.2, 0) is 5.54 Å². The lowest BCUT2D eigenvalue weighted by molar-refractivity contribution is 0.118. The van der Waals surface area contributed by atoms with Crippen molar-refractivity contribution >= 4 is 0 Å². The van der Waals surface area contributed by atoms with Crippen LogP contribution in [0.3, 0.4) is 0 Å². The van der Waals surface area contributed by atoms with E-state index in [1.165, 1.54) is 0 Å². The van der Waals surface area contributed by atoms with Crippen LogP contribution >= 0.6 is 0 Å². The minimum Gasteiger partial charge on any atom is -0.493 e. The zero-order chi connectivity index (χ0) is 21.2. The van der Waals surface area contributed by atoms with Crippen LogP contribution in [0.25, 0.3) is 0 Å². The van der Waals surface area contributed by atoms with Crippen molar-refractivity contribution in [2.24, 2.45) is 0 Å². The molecule has 0 unspecified atom stereocenters. The van der Waals surface area contributed by atoms with Crippen LogP contribution in [0.15, 0.2) is 12.1 Å². The van der Waals surface area contributed by atoms with Crippen molar-refractivity contribution in [2.75, 3.05) is 54.6 Å². The van der Waals surface area contributed by atoms with Crippen molar-refractivity contribution in [3.63, 3.8) is 0 Å². The summed E-state index contributed by atoms with van der Waals surface area (Å²) in [6.45, 7) is 10.1. The number of aromatic nitrogens is 4. The Morgan fingerprint density at radius 3 is 2.00 bits per heavy atom. The van der Waals surface area contributed by atoms with Gasteiger partial charge in [-0.2, -0.15) is 0 Å². The predicted octanol–water partition coefficient (Wildman–Crippen LogP) is 1.79. The molecule has 2 heterocycles. The number of hydrogen-bond acceptors (Lipinski definition) is 8. The van der Waals surface area contributed by atoms with E-state index < -0.39 is 0 Å². The molecule has 0 radical (unpaired) electrons. The number of hydrogen-bond donors (Lipinski definition) is 0. The van der Waals surface area contributed by atoms with Gasteiger partial charge >= 0.3 is 0 Å². The summed E-state index contributed by atoms with van der Waals surface area (Å²) < 4.78 is 18.6. The Labute approximate surface area is 172 Å². The third kappa shape index (κ3) is 4.30. The van der Waals surface area contributed by atoms with Gasteiger partial charge in [-0.05, 0) is 55.9 Å². The Balaban J connectivity index is 2.15. The molecule has 9 heteroatoms. The highest BCUT2D eigenvalue weighted by molar-refractivity contribution is 5.55. The maximum atomic E-state index is 5.60. The van der Waals surface area contributed by atoms with Gasteiger partial charge in [-0.1, -0.05) is 0 Å². The van der Waals surface area contributed by atoms with Crippen LogP contribution in [-0.4, -0.2) is 84.6 Å². The molecule has 29 heavy (non-hydrogen) atoms. The van der Waals surface area contributed by atoms with E-state index in [4.69, 9.17) is 14.2 Å². The van der Waals surface area contributed by atoms with Gasteiger partial charge in [0.2, 0.25) is 5.75 Å². The Bertz CT molecular complexity index is 799. The van der Waals surface area contributed by atoms with Gasteiger partial charge in [0.25, 0.3) is 0 Å². The third-order valence-electron chi connectivity index (χ3n) is 5.28. The lowest BCUT2D eigenvalue weighted by Gasteiger charge is -2.38. The first-order valence-electron chi connectivity index (χ1n) is 9.81. The largest absolute Gasteiger partial charge is 0.493 e. The van der Waals surface area contributed by atoms with Crippen molar-refractivity contribution in [1.29, 1.82) is 0 Å². The molecule has 2 aromatic rings. The van der Waals surface area contributed by atoms with E-state index in [1.807, 2.05) is 16.8 Å². The van der Waals surface area contributed by atoms with E-state index in [0.717, 1.165) is 37.6 Å². The minimum atomic E-state index is -0.246. The Morgan fingerprint density at radius 1 is 0.931 bits per heavy atom. The van der Waals surface area contributed by atoms with E-state index >= 15 is 0 Å². The number of piperazine rings is 1. The highest BCUT2D eigenvalue weighted by atomic mass is 16.5. The first-order valence-corrected chi connectivity index (χ1v) is 9.81. The summed E-state index contributed by atoms with van der Waals surface area (Å²) in [5.41, 5.74) is 0.758. The molecule has 0 bridgehead atoms. The van der Waals surface area contributed by atoms with Crippen LogP contribution in [0, 0.1) is 0 Å². The van der Waals surface area contributed by atoms with Crippen molar-refractivity contribution in [1.82, 2.24) is 30.0 Å². The van der Waals surface area contributed by atoms with Gasteiger partial charge in [-0.15, -0.1) is 5.10 Å². The standard InChI is InChI=1S/C20H32N6O3/c1-20(2,3)26-19(21-22-23-26)17(25-10-8-24(4)9-11-25)14-12-15(27-5)18(29-7)16(13-14)28-6/h12-13,17H,8-11H2,1-7H3/t17-/m0/s1. The summed E-state index contributed by atoms with van der Waals surface area (Å²) in [5, 5.41) is 12.7. The Hall–Kier alpha value is -2.39. The van der Waals surface area contributed by atoms with E-state index in [0.29, 0.717) is 17.2 Å². The number of nitrogens with zero attached hydrogens (tertiary/aromatic N) is 6. The fourth-order valence-electron chi connectivity index (χ4n) is 3.70. The maximum Gasteiger partial charge on any atom is 0.203 e. The molecule has 0 amide bonds. The zero-order valence-corrected chi connectivity index (χ0v) is 18.5. The van der Waals surface area contributed by atoms with Gasteiger partial charge in [-0.3, -0.25) is 4.90 Å². The normalized spacial score (nSPS) is 17.2. The Kier molecular flexibility index (Phi) is 6.28. The second kappa shape index (κ2) is 8.54. The number of tetrazole rings is 1. The van der Waals surface area contributed by atoms with Crippen molar-refractivity contribution in [3.8, 4) is 17.2 Å². The highest BCUT2D eigenvalue weighted by Crippen LogP contribution is 2.42. The number of methoxy groups -OCH3 is 3. The molecule has 0 N–H and O–H groups in total. The van der Waals surface area contributed by atoms with Crippen LogP contribution < -0.4 is 14.2 Å². The molecule has 1 atom stereocenters. The van der Waals surface area contributed by atoms with Gasteiger partial charge in [0.05, 0.1) is 32.9 Å². The van der Waals surface area contributed by atoms with Crippen LogP contribution in [0.2, 0.25) is 0 Å². The van der Waals surface area contributed by atoms with Crippen molar-refractivity contribution in [2.45, 2.75) is 32.4 Å². The van der Waals surface area contributed by atoms with Gasteiger partial charge in [-0.25, -0.2) is 4.68 Å². The first-order chi connectivity index (χ1) is 13.8. The molecule has 1 aromatic heterocycles. The van der Waals surface area contributed by atoms with E-state index in [9.17, 15) is 0 Å². The van der Waals surface area contributed by atoms with Gasteiger partial charge in [0, 0.05) is 26.2 Å². The molecule has 1 saturated heterocycles. The maximum absolute atomic E-state index is 5.60. The van der Waals surface area contributed by atoms with Crippen LogP contribution in [0.1, 0.15) is 38.2 Å². The fourth-order valence-corrected chi connectivity index (χ4v) is 3.70. The quantitative estimate of drug-likeness (QED) is 0.721. The molecule has 0 spiro atoms. The molecular formula is C20H32N6O3. The summed E-state index contributed by atoms with van der Waals surface area (Å²) in [6.07, 6.45) is 0. The molecular weight excluding hydrogens is 372 g/mol. The summed E-state index contributed by atoms with van der Waals surface area (Å²) >= 11 is 0. The van der Waals surface area contributed by atoms with Crippen LogP contribution in [0.5, 0.6) is 17.2 Å². The monoisotopic (exact) mass is 404 g/mol. The SMILES string of the molecule is COc1cc([C@@H](c2nnnn2C(C)(C)C)N2CCN(C)CC2)cc(OC)c1OC. The zero-order valence-electron chi connectivity index (χ0n) is 18.5. The molecule has 0 saturated carbocycles. The first kappa shape index (κ1) is 21.3. The van der Waals surface area contributed by atoms with Crippen molar-refractivity contribution < 1.29 is 14.2 Å². The Morgan fingerprint density at radius 2 is 1.52 bits per heavy atom. The highest BCUT2D eigenvalue weighted by Gasteiger charge is 2.34. The molecule has 9 nitrogen and oxygen atoms in total. The average molecular weight is 405 g/mol. The molecule has 1 fully saturated rings. The number of ether oxygens (including phenoxy) is 3. The number of rotatable bonds is 6. The number of likely N-dealkylation sites (N-methyl/N-ethyl adjacent to an activating group) is 1. The van der Waals surface area contributed by atoms with E-state index in [1.54, 1.807) is 21.3 Å². The second-order valence-electron chi connectivity index (χ2n) is 8.32. The lowest BCUT2D eigenvalue weighted by Crippen LogP contribution is -2.47.